The third kappa shape index (κ3) is 3.02. The Labute approximate surface area is 123 Å². The van der Waals surface area contributed by atoms with E-state index in [1.165, 1.54) is 0 Å². The van der Waals surface area contributed by atoms with Gasteiger partial charge in [-0.1, -0.05) is 60.7 Å². The Morgan fingerprint density at radius 2 is 1.05 bits per heavy atom. The zero-order chi connectivity index (χ0) is 14.7. The zero-order valence-corrected chi connectivity index (χ0v) is 11.6. The summed E-state index contributed by atoms with van der Waals surface area (Å²) in [6, 6.07) is 19.5. The second-order valence-electron chi connectivity index (χ2n) is 5.33. The quantitative estimate of drug-likeness (QED) is 0.639. The Kier molecular flexibility index (Phi) is 3.82. The number of ether oxygens (including phenoxy) is 1. The van der Waals surface area contributed by atoms with Gasteiger partial charge in [-0.2, -0.15) is 0 Å². The fourth-order valence-electron chi connectivity index (χ4n) is 2.77. The van der Waals surface area contributed by atoms with Crippen LogP contribution >= 0.6 is 0 Å². The topological polar surface area (TPSA) is 43.4 Å². The smallest absolute Gasteiger partial charge is 0.317 e. The Bertz CT molecular complexity index is 577. The molecule has 0 N–H and O–H groups in total. The summed E-state index contributed by atoms with van der Waals surface area (Å²) in [7, 11) is 0. The minimum atomic E-state index is -0.398. The first kappa shape index (κ1) is 13.6. The van der Waals surface area contributed by atoms with E-state index in [9.17, 15) is 9.59 Å². The van der Waals surface area contributed by atoms with Gasteiger partial charge >= 0.3 is 11.9 Å². The van der Waals surface area contributed by atoms with E-state index in [1.54, 1.807) is 0 Å². The Balaban J connectivity index is 1.79. The van der Waals surface area contributed by atoms with E-state index in [-0.39, 0.29) is 11.8 Å². The van der Waals surface area contributed by atoms with Crippen molar-refractivity contribution in [1.29, 1.82) is 0 Å². The van der Waals surface area contributed by atoms with Gasteiger partial charge in [0.1, 0.15) is 0 Å². The van der Waals surface area contributed by atoms with Crippen LogP contribution in [0.5, 0.6) is 0 Å². The van der Waals surface area contributed by atoms with Crippen LogP contribution in [0.3, 0.4) is 0 Å². The average molecular weight is 280 g/mol. The number of hydrogen-bond donors (Lipinski definition) is 0. The molecule has 106 valence electrons. The van der Waals surface area contributed by atoms with Gasteiger partial charge in [0.15, 0.2) is 0 Å². The van der Waals surface area contributed by atoms with Crippen molar-refractivity contribution in [3.05, 3.63) is 71.8 Å². The molecule has 3 rings (SSSR count). The first-order chi connectivity index (χ1) is 10.2. The minimum absolute atomic E-state index is 0.389. The normalized spacial score (nSPS) is 21.3. The fraction of sp³-hybridized carbons (Fsp3) is 0.222. The van der Waals surface area contributed by atoms with Crippen LogP contribution in [0.4, 0.5) is 0 Å². The molecule has 3 heteroatoms. The summed E-state index contributed by atoms with van der Waals surface area (Å²) in [6.45, 7) is 0. The van der Waals surface area contributed by atoms with Crippen LogP contribution in [-0.2, 0) is 27.2 Å². The van der Waals surface area contributed by atoms with Crippen LogP contribution in [0.1, 0.15) is 11.1 Å². The van der Waals surface area contributed by atoms with Crippen molar-refractivity contribution in [2.24, 2.45) is 11.8 Å². The van der Waals surface area contributed by atoms with E-state index in [2.05, 4.69) is 0 Å². The van der Waals surface area contributed by atoms with Crippen molar-refractivity contribution in [2.45, 2.75) is 12.8 Å². The molecule has 0 bridgehead atoms. The van der Waals surface area contributed by atoms with E-state index in [0.29, 0.717) is 12.8 Å². The van der Waals surface area contributed by atoms with Crippen LogP contribution in [0.25, 0.3) is 0 Å². The van der Waals surface area contributed by atoms with Crippen LogP contribution in [0, 0.1) is 11.8 Å². The molecule has 0 aromatic heterocycles. The molecule has 1 aliphatic heterocycles. The number of carbonyl (C=O) groups excluding carboxylic acids is 2. The molecular formula is C18H16O3. The van der Waals surface area contributed by atoms with Crippen molar-refractivity contribution >= 4 is 11.9 Å². The second-order valence-corrected chi connectivity index (χ2v) is 5.33. The van der Waals surface area contributed by atoms with Gasteiger partial charge in [-0.15, -0.1) is 0 Å². The SMILES string of the molecule is O=C1OC(=O)[C@@H](Cc2ccccc2)[C@@H]1Cc1ccccc1. The van der Waals surface area contributed by atoms with E-state index in [1.807, 2.05) is 60.7 Å². The van der Waals surface area contributed by atoms with Crippen LogP contribution in [-0.4, -0.2) is 11.9 Å². The molecule has 0 radical (unpaired) electrons. The third-order valence-corrected chi connectivity index (χ3v) is 3.89. The molecule has 2 aromatic rings. The molecule has 0 saturated carbocycles. The van der Waals surface area contributed by atoms with Crippen molar-refractivity contribution in [3.63, 3.8) is 0 Å². The molecule has 1 fully saturated rings. The number of cyclic esters (lactones) is 2. The van der Waals surface area contributed by atoms with Crippen LogP contribution in [0.15, 0.2) is 60.7 Å². The third-order valence-electron chi connectivity index (χ3n) is 3.89. The molecule has 1 saturated heterocycles. The van der Waals surface area contributed by atoms with Crippen molar-refractivity contribution in [1.82, 2.24) is 0 Å². The van der Waals surface area contributed by atoms with E-state index < -0.39 is 11.9 Å². The summed E-state index contributed by atoms with van der Waals surface area (Å²) in [5, 5.41) is 0. The van der Waals surface area contributed by atoms with E-state index in [4.69, 9.17) is 4.74 Å². The maximum Gasteiger partial charge on any atom is 0.317 e. The molecule has 2 atom stereocenters. The average Bonchev–Trinajstić information content (AvgIpc) is 2.76. The molecule has 1 heterocycles. The lowest BCUT2D eigenvalue weighted by Crippen LogP contribution is -2.22. The molecule has 0 amide bonds. The van der Waals surface area contributed by atoms with Crippen LogP contribution in [0.2, 0.25) is 0 Å². The highest BCUT2D eigenvalue weighted by molar-refractivity contribution is 5.96. The van der Waals surface area contributed by atoms with Gasteiger partial charge in [-0.3, -0.25) is 9.59 Å². The van der Waals surface area contributed by atoms with Crippen molar-refractivity contribution in [3.8, 4) is 0 Å². The summed E-state index contributed by atoms with van der Waals surface area (Å²) in [5.41, 5.74) is 2.10. The second kappa shape index (κ2) is 5.92. The Hall–Kier alpha value is -2.42. The highest BCUT2D eigenvalue weighted by Crippen LogP contribution is 2.30. The van der Waals surface area contributed by atoms with Crippen molar-refractivity contribution in [2.75, 3.05) is 0 Å². The van der Waals surface area contributed by atoms with Crippen molar-refractivity contribution < 1.29 is 14.3 Å². The molecule has 3 nitrogen and oxygen atoms in total. The Morgan fingerprint density at radius 3 is 1.43 bits per heavy atom. The Morgan fingerprint density at radius 1 is 0.667 bits per heavy atom. The summed E-state index contributed by atoms with van der Waals surface area (Å²) >= 11 is 0. The molecule has 1 aliphatic rings. The highest BCUT2D eigenvalue weighted by atomic mass is 16.6. The predicted octanol–water partition coefficient (Wildman–Crippen LogP) is 2.79. The molecule has 2 aromatic carbocycles. The fourth-order valence-corrected chi connectivity index (χ4v) is 2.77. The maximum absolute atomic E-state index is 11.9. The minimum Gasteiger partial charge on any atom is -0.393 e. The molecule has 21 heavy (non-hydrogen) atoms. The summed E-state index contributed by atoms with van der Waals surface area (Å²) in [6.07, 6.45) is 1.09. The van der Waals surface area contributed by atoms with Gasteiger partial charge in [0.2, 0.25) is 0 Å². The summed E-state index contributed by atoms with van der Waals surface area (Å²) < 4.78 is 4.85. The first-order valence-electron chi connectivity index (χ1n) is 7.07. The largest absolute Gasteiger partial charge is 0.393 e. The van der Waals surface area contributed by atoms with E-state index in [0.717, 1.165) is 11.1 Å². The van der Waals surface area contributed by atoms with Gasteiger partial charge in [0.05, 0.1) is 11.8 Å². The number of benzene rings is 2. The molecule has 0 unspecified atom stereocenters. The number of hydrogen-bond acceptors (Lipinski definition) is 3. The lowest BCUT2D eigenvalue weighted by molar-refractivity contribution is -0.153. The number of rotatable bonds is 4. The molecule has 0 spiro atoms. The lowest BCUT2D eigenvalue weighted by Gasteiger charge is -2.13. The monoisotopic (exact) mass is 280 g/mol. The highest BCUT2D eigenvalue weighted by Gasteiger charge is 2.43. The van der Waals surface area contributed by atoms with Gasteiger partial charge in [-0.05, 0) is 24.0 Å². The molecular weight excluding hydrogens is 264 g/mol. The first-order valence-corrected chi connectivity index (χ1v) is 7.07. The van der Waals surface area contributed by atoms with Crippen LogP contribution < -0.4 is 0 Å². The summed E-state index contributed by atoms with van der Waals surface area (Å²) in [4.78, 5) is 23.9. The standard InChI is InChI=1S/C18H16O3/c19-17-15(11-13-7-3-1-4-8-13)16(18(20)21-17)12-14-9-5-2-6-10-14/h1-10,15-16H,11-12H2/t15-,16-/m0/s1. The number of esters is 2. The summed E-state index contributed by atoms with van der Waals surface area (Å²) in [5.74, 6) is -1.57. The van der Waals surface area contributed by atoms with Gasteiger partial charge in [-0.25, -0.2) is 0 Å². The lowest BCUT2D eigenvalue weighted by atomic mass is 9.84. The van der Waals surface area contributed by atoms with Gasteiger partial charge in [0.25, 0.3) is 0 Å². The van der Waals surface area contributed by atoms with E-state index >= 15 is 0 Å². The van der Waals surface area contributed by atoms with Gasteiger partial charge < -0.3 is 4.74 Å². The predicted molar refractivity (Wildman–Crippen MR) is 78.4 cm³/mol. The maximum atomic E-state index is 11.9. The zero-order valence-electron chi connectivity index (χ0n) is 11.6. The van der Waals surface area contributed by atoms with Gasteiger partial charge in [0, 0.05) is 0 Å². The number of carbonyl (C=O) groups is 2. The molecule has 0 aliphatic carbocycles.